The Hall–Kier alpha value is -0.0400. The predicted octanol–water partition coefficient (Wildman–Crippen LogP) is 2.42. The van der Waals surface area contributed by atoms with Crippen LogP contribution in [0, 0.1) is 5.41 Å². The van der Waals surface area contributed by atoms with Crippen LogP contribution in [-0.4, -0.2) is 52.1 Å². The van der Waals surface area contributed by atoms with E-state index in [2.05, 4.69) is 22.2 Å². The first-order valence-electron chi connectivity index (χ1n) is 8.37. The van der Waals surface area contributed by atoms with Gasteiger partial charge in [-0.1, -0.05) is 18.5 Å². The SMILES string of the molecule is CCc1nn(C)c(Cl)c1CN1CCC[C@]2(CNCC[C@@H]2O)C1.Cl.Cl. The summed E-state index contributed by atoms with van der Waals surface area (Å²) >= 11 is 6.43. The molecule has 0 bridgehead atoms. The van der Waals surface area contributed by atoms with Gasteiger partial charge in [0.2, 0.25) is 0 Å². The fourth-order valence-corrected chi connectivity index (χ4v) is 4.28. The summed E-state index contributed by atoms with van der Waals surface area (Å²) in [5.41, 5.74) is 2.26. The molecule has 8 heteroatoms. The number of rotatable bonds is 3. The van der Waals surface area contributed by atoms with Crippen LogP contribution >= 0.6 is 36.4 Å². The highest BCUT2D eigenvalue weighted by molar-refractivity contribution is 6.30. The van der Waals surface area contributed by atoms with Gasteiger partial charge in [-0.15, -0.1) is 24.8 Å². The second kappa shape index (κ2) is 9.06. The molecule has 140 valence electrons. The van der Waals surface area contributed by atoms with E-state index in [0.29, 0.717) is 0 Å². The minimum atomic E-state index is -0.188. The molecule has 1 spiro atoms. The van der Waals surface area contributed by atoms with Crippen molar-refractivity contribution in [2.45, 2.75) is 45.3 Å². The minimum Gasteiger partial charge on any atom is -0.392 e. The van der Waals surface area contributed by atoms with E-state index >= 15 is 0 Å². The van der Waals surface area contributed by atoms with E-state index in [1.807, 2.05) is 7.05 Å². The van der Waals surface area contributed by atoms with Gasteiger partial charge >= 0.3 is 0 Å². The molecular weight excluding hydrogens is 371 g/mol. The lowest BCUT2D eigenvalue weighted by Gasteiger charge is -2.48. The van der Waals surface area contributed by atoms with Gasteiger partial charge in [0.05, 0.1) is 11.8 Å². The third-order valence-electron chi connectivity index (χ3n) is 5.33. The van der Waals surface area contributed by atoms with Crippen molar-refractivity contribution in [2.24, 2.45) is 12.5 Å². The molecule has 0 unspecified atom stereocenters. The standard InChI is InChI=1S/C16H27ClN4O.2ClH/c1-3-13-12(15(17)20(2)19-13)9-21-8-4-6-16(11-21)10-18-7-5-14(16)22;;/h14,18,22H,3-11H2,1-2H3;2*1H/t14-,16-;;/m0../s1. The quantitative estimate of drug-likeness (QED) is 0.819. The zero-order valence-corrected chi connectivity index (χ0v) is 16.8. The van der Waals surface area contributed by atoms with Gasteiger partial charge in [-0.2, -0.15) is 5.10 Å². The number of aromatic nitrogens is 2. The maximum atomic E-state index is 10.5. The summed E-state index contributed by atoms with van der Waals surface area (Å²) < 4.78 is 1.77. The van der Waals surface area contributed by atoms with Crippen LogP contribution in [0.3, 0.4) is 0 Å². The van der Waals surface area contributed by atoms with Gasteiger partial charge in [0.25, 0.3) is 0 Å². The smallest absolute Gasteiger partial charge is 0.131 e. The predicted molar refractivity (Wildman–Crippen MR) is 103 cm³/mol. The Bertz CT molecular complexity index is 536. The lowest BCUT2D eigenvalue weighted by Crippen LogP contribution is -2.57. The lowest BCUT2D eigenvalue weighted by molar-refractivity contribution is -0.0514. The van der Waals surface area contributed by atoms with Crippen LogP contribution in [0.1, 0.15) is 37.4 Å². The fourth-order valence-electron chi connectivity index (χ4n) is 4.07. The number of nitrogens with one attached hydrogen (secondary N) is 1. The molecule has 1 aromatic rings. The molecule has 3 heterocycles. The van der Waals surface area contributed by atoms with Gasteiger partial charge in [-0.25, -0.2) is 0 Å². The summed E-state index contributed by atoms with van der Waals surface area (Å²) in [6, 6.07) is 0. The number of hydrogen-bond acceptors (Lipinski definition) is 4. The number of aryl methyl sites for hydroxylation is 2. The van der Waals surface area contributed by atoms with Gasteiger partial charge in [-0.3, -0.25) is 9.58 Å². The Labute approximate surface area is 161 Å². The Morgan fingerprint density at radius 1 is 1.42 bits per heavy atom. The Kier molecular flexibility index (Phi) is 8.30. The van der Waals surface area contributed by atoms with Crippen molar-refractivity contribution < 1.29 is 5.11 Å². The van der Waals surface area contributed by atoms with Crippen molar-refractivity contribution in [1.82, 2.24) is 20.0 Å². The first-order chi connectivity index (χ1) is 10.6. The molecular formula is C16H29Cl3N4O. The molecule has 2 aliphatic rings. The van der Waals surface area contributed by atoms with Crippen molar-refractivity contribution in [3.63, 3.8) is 0 Å². The number of aliphatic hydroxyl groups is 1. The molecule has 24 heavy (non-hydrogen) atoms. The van der Waals surface area contributed by atoms with Crippen LogP contribution < -0.4 is 5.32 Å². The maximum absolute atomic E-state index is 10.5. The van der Waals surface area contributed by atoms with Gasteiger partial charge < -0.3 is 10.4 Å². The van der Waals surface area contributed by atoms with E-state index in [4.69, 9.17) is 11.6 Å². The number of halogens is 3. The molecule has 2 aliphatic heterocycles. The third kappa shape index (κ3) is 4.19. The number of piperidine rings is 2. The van der Waals surface area contributed by atoms with Crippen LogP contribution in [0.5, 0.6) is 0 Å². The molecule has 1 aromatic heterocycles. The number of likely N-dealkylation sites (tertiary alicyclic amines) is 1. The van der Waals surface area contributed by atoms with E-state index in [1.165, 1.54) is 0 Å². The zero-order chi connectivity index (χ0) is 15.7. The largest absolute Gasteiger partial charge is 0.392 e. The van der Waals surface area contributed by atoms with Crippen molar-refractivity contribution in [1.29, 1.82) is 0 Å². The summed E-state index contributed by atoms with van der Waals surface area (Å²) in [5, 5.41) is 19.2. The Balaban J connectivity index is 0.00000144. The van der Waals surface area contributed by atoms with Crippen molar-refractivity contribution in [2.75, 3.05) is 26.2 Å². The molecule has 2 saturated heterocycles. The average Bonchev–Trinajstić information content (AvgIpc) is 2.78. The zero-order valence-electron chi connectivity index (χ0n) is 14.4. The van der Waals surface area contributed by atoms with Crippen LogP contribution in [-0.2, 0) is 20.0 Å². The minimum absolute atomic E-state index is 0. The van der Waals surface area contributed by atoms with Crippen LogP contribution in [0.25, 0.3) is 0 Å². The van der Waals surface area contributed by atoms with Crippen molar-refractivity contribution in [3.8, 4) is 0 Å². The van der Waals surface area contributed by atoms with E-state index in [0.717, 1.165) is 74.8 Å². The second-order valence-electron chi connectivity index (χ2n) is 6.85. The van der Waals surface area contributed by atoms with Crippen molar-refractivity contribution >= 4 is 36.4 Å². The summed E-state index contributed by atoms with van der Waals surface area (Å²) in [5.74, 6) is 0. The summed E-state index contributed by atoms with van der Waals surface area (Å²) in [7, 11) is 1.90. The highest BCUT2D eigenvalue weighted by Gasteiger charge is 2.43. The molecule has 0 aliphatic carbocycles. The average molecular weight is 400 g/mol. The van der Waals surface area contributed by atoms with Crippen LogP contribution in [0.15, 0.2) is 0 Å². The van der Waals surface area contributed by atoms with E-state index in [9.17, 15) is 5.11 Å². The van der Waals surface area contributed by atoms with Gasteiger partial charge in [0, 0.05) is 37.7 Å². The highest BCUT2D eigenvalue weighted by atomic mass is 35.5. The second-order valence-corrected chi connectivity index (χ2v) is 7.21. The molecule has 2 fully saturated rings. The number of aliphatic hydroxyl groups excluding tert-OH is 1. The van der Waals surface area contributed by atoms with Crippen LogP contribution in [0.2, 0.25) is 5.15 Å². The Morgan fingerprint density at radius 2 is 2.17 bits per heavy atom. The normalized spacial score (nSPS) is 27.6. The molecule has 0 saturated carbocycles. The van der Waals surface area contributed by atoms with E-state index < -0.39 is 0 Å². The van der Waals surface area contributed by atoms with E-state index in [-0.39, 0.29) is 36.3 Å². The summed E-state index contributed by atoms with van der Waals surface area (Å²) in [6.07, 6.45) is 3.82. The topological polar surface area (TPSA) is 53.3 Å². The monoisotopic (exact) mass is 398 g/mol. The Morgan fingerprint density at radius 3 is 2.83 bits per heavy atom. The third-order valence-corrected chi connectivity index (χ3v) is 5.81. The molecule has 0 aromatic carbocycles. The molecule has 3 rings (SSSR count). The molecule has 0 radical (unpaired) electrons. The molecule has 2 N–H and O–H groups in total. The highest BCUT2D eigenvalue weighted by Crippen LogP contribution is 2.37. The molecule has 2 atom stereocenters. The molecule has 5 nitrogen and oxygen atoms in total. The lowest BCUT2D eigenvalue weighted by atomic mass is 9.72. The van der Waals surface area contributed by atoms with Crippen LogP contribution in [0.4, 0.5) is 0 Å². The summed E-state index contributed by atoms with van der Waals surface area (Å²) in [4.78, 5) is 2.45. The van der Waals surface area contributed by atoms with Crippen molar-refractivity contribution in [3.05, 3.63) is 16.4 Å². The van der Waals surface area contributed by atoms with E-state index in [1.54, 1.807) is 4.68 Å². The van der Waals surface area contributed by atoms with Gasteiger partial charge in [0.1, 0.15) is 5.15 Å². The molecule has 0 amide bonds. The maximum Gasteiger partial charge on any atom is 0.131 e. The first kappa shape index (κ1) is 22.0. The first-order valence-corrected chi connectivity index (χ1v) is 8.75. The van der Waals surface area contributed by atoms with Gasteiger partial charge in [0.15, 0.2) is 0 Å². The van der Waals surface area contributed by atoms with Gasteiger partial charge in [-0.05, 0) is 38.8 Å². The summed E-state index contributed by atoms with van der Waals surface area (Å²) in [6.45, 7) is 6.82. The fraction of sp³-hybridized carbons (Fsp3) is 0.812. The number of nitrogens with zero attached hydrogens (tertiary/aromatic N) is 3. The number of hydrogen-bond donors (Lipinski definition) is 2.